The van der Waals surface area contributed by atoms with Crippen LogP contribution in [-0.2, 0) is 76.2 Å². The Bertz CT molecular complexity index is 1060. The summed E-state index contributed by atoms with van der Waals surface area (Å²) in [6.45, 7) is 6.95. The maximum absolute atomic E-state index is 12.2. The summed E-state index contributed by atoms with van der Waals surface area (Å²) >= 11 is 0.916. The minimum Gasteiger partial charge on any atom is -0.463 e. The molecule has 17 heteroatoms. The first-order valence-electron chi connectivity index (χ1n) is 13.1. The second-order valence-corrected chi connectivity index (χ2v) is 10.9. The molecule has 0 amide bonds. The maximum atomic E-state index is 12.2. The van der Waals surface area contributed by atoms with Gasteiger partial charge in [0.25, 0.3) is 0 Å². The fourth-order valence-electron chi connectivity index (χ4n) is 4.43. The van der Waals surface area contributed by atoms with Gasteiger partial charge in [0.2, 0.25) is 0 Å². The average molecular weight is 637 g/mol. The number of rotatable bonds is 11. The van der Waals surface area contributed by atoms with Gasteiger partial charge in [-0.1, -0.05) is 0 Å². The molecule has 0 unspecified atom stereocenters. The Kier molecular flexibility index (Phi) is 13.7. The highest BCUT2D eigenvalue weighted by atomic mass is 32.2. The van der Waals surface area contributed by atoms with E-state index in [-0.39, 0.29) is 13.2 Å². The Labute approximate surface area is 251 Å². The summed E-state index contributed by atoms with van der Waals surface area (Å²) in [6, 6.07) is 0. The zero-order chi connectivity index (χ0) is 32.4. The van der Waals surface area contributed by atoms with E-state index in [0.717, 1.165) is 53.3 Å². The van der Waals surface area contributed by atoms with Gasteiger partial charge in [0, 0.05) is 48.5 Å². The van der Waals surface area contributed by atoms with Crippen molar-refractivity contribution in [3.05, 3.63) is 0 Å². The Morgan fingerprint density at radius 3 is 1.40 bits per heavy atom. The van der Waals surface area contributed by atoms with Crippen LogP contribution in [0.25, 0.3) is 0 Å². The minimum atomic E-state index is -1.42. The van der Waals surface area contributed by atoms with E-state index in [1.807, 2.05) is 0 Å². The van der Waals surface area contributed by atoms with Crippen molar-refractivity contribution in [2.24, 2.45) is 0 Å². The monoisotopic (exact) mass is 636 g/mol. The molecule has 2 aliphatic heterocycles. The number of carbonyl (C=O) groups excluding carboxylic acids is 7. The predicted octanol–water partition coefficient (Wildman–Crippen LogP) is -0.00340. The van der Waals surface area contributed by atoms with Gasteiger partial charge in [-0.15, -0.1) is 11.8 Å². The number of esters is 7. The van der Waals surface area contributed by atoms with Gasteiger partial charge in [-0.2, -0.15) is 0 Å². The highest BCUT2D eigenvalue weighted by Gasteiger charge is 2.55. The Morgan fingerprint density at radius 1 is 0.535 bits per heavy atom. The molecular weight excluding hydrogens is 600 g/mol. The molecular formula is C26H36O16S. The van der Waals surface area contributed by atoms with Crippen LogP contribution in [0.15, 0.2) is 0 Å². The van der Waals surface area contributed by atoms with Crippen molar-refractivity contribution in [1.29, 1.82) is 0 Å². The van der Waals surface area contributed by atoms with Crippen LogP contribution in [0.4, 0.5) is 0 Å². The molecule has 0 bridgehead atoms. The molecule has 0 N–H and O–H groups in total. The number of thioether (sulfide) groups is 1. The van der Waals surface area contributed by atoms with Crippen molar-refractivity contribution >= 4 is 53.5 Å². The molecule has 2 fully saturated rings. The van der Waals surface area contributed by atoms with Crippen LogP contribution in [0, 0.1) is 0 Å². The molecule has 9 atom stereocenters. The van der Waals surface area contributed by atoms with Crippen LogP contribution < -0.4 is 0 Å². The third-order valence-electron chi connectivity index (χ3n) is 5.84. The molecule has 0 spiro atoms. The molecule has 2 saturated heterocycles. The Morgan fingerprint density at radius 2 is 0.930 bits per heavy atom. The van der Waals surface area contributed by atoms with E-state index in [1.165, 1.54) is 6.92 Å². The largest absolute Gasteiger partial charge is 0.463 e. The van der Waals surface area contributed by atoms with Crippen LogP contribution in [0.3, 0.4) is 0 Å². The molecule has 43 heavy (non-hydrogen) atoms. The third kappa shape index (κ3) is 11.3. The lowest BCUT2D eigenvalue weighted by atomic mass is 9.99. The van der Waals surface area contributed by atoms with Crippen LogP contribution in [0.1, 0.15) is 48.5 Å². The van der Waals surface area contributed by atoms with E-state index in [4.69, 9.17) is 42.6 Å². The smallest absolute Gasteiger partial charge is 0.303 e. The van der Waals surface area contributed by atoms with Crippen molar-refractivity contribution in [2.75, 3.05) is 19.8 Å². The van der Waals surface area contributed by atoms with Crippen molar-refractivity contribution < 1.29 is 76.2 Å². The highest BCUT2D eigenvalue weighted by molar-refractivity contribution is 8.00. The zero-order valence-corrected chi connectivity index (χ0v) is 25.6. The lowest BCUT2D eigenvalue weighted by Gasteiger charge is -2.46. The summed E-state index contributed by atoms with van der Waals surface area (Å²) in [5.41, 5.74) is -1.23. The molecule has 0 saturated carbocycles. The second kappa shape index (κ2) is 16.4. The topological polar surface area (TPSA) is 203 Å². The minimum absolute atomic E-state index is 0.167. The number of hydrogen-bond donors (Lipinski definition) is 0. The molecule has 2 heterocycles. The van der Waals surface area contributed by atoms with Crippen molar-refractivity contribution in [1.82, 2.24) is 0 Å². The molecule has 0 radical (unpaired) electrons. The van der Waals surface area contributed by atoms with Gasteiger partial charge in [0.1, 0.15) is 30.9 Å². The summed E-state index contributed by atoms with van der Waals surface area (Å²) in [7, 11) is 0. The van der Waals surface area contributed by atoms with Gasteiger partial charge < -0.3 is 42.6 Å². The van der Waals surface area contributed by atoms with Gasteiger partial charge in [-0.3, -0.25) is 33.6 Å². The predicted molar refractivity (Wildman–Crippen MR) is 141 cm³/mol. The summed E-state index contributed by atoms with van der Waals surface area (Å²) in [4.78, 5) is 83.4. The number of carbonyl (C=O) groups is 7. The van der Waals surface area contributed by atoms with Gasteiger partial charge >= 0.3 is 41.8 Å². The average Bonchev–Trinajstić information content (AvgIpc) is 2.86. The van der Waals surface area contributed by atoms with Crippen LogP contribution >= 0.6 is 11.8 Å². The molecule has 0 aromatic heterocycles. The van der Waals surface area contributed by atoms with Crippen molar-refractivity contribution in [2.45, 2.75) is 102 Å². The Hall–Kier alpha value is -3.44. The first kappa shape index (κ1) is 35.8. The summed E-state index contributed by atoms with van der Waals surface area (Å²) < 4.78 is 49.4. The van der Waals surface area contributed by atoms with Gasteiger partial charge in [-0.25, -0.2) is 0 Å². The fraction of sp³-hybridized carbons (Fsp3) is 0.731. The van der Waals surface area contributed by atoms with Gasteiger partial charge in [-0.05, 0) is 0 Å². The normalized spacial score (nSPS) is 30.2. The zero-order valence-electron chi connectivity index (χ0n) is 24.8. The maximum Gasteiger partial charge on any atom is 0.303 e. The molecule has 2 aliphatic rings. The van der Waals surface area contributed by atoms with Crippen LogP contribution in [0.5, 0.6) is 0 Å². The van der Waals surface area contributed by atoms with E-state index >= 15 is 0 Å². The molecule has 0 aromatic rings. The van der Waals surface area contributed by atoms with Crippen molar-refractivity contribution in [3.8, 4) is 0 Å². The molecule has 242 valence electrons. The van der Waals surface area contributed by atoms with E-state index < -0.39 is 102 Å². The SMILES string of the molecule is CC(=O)OC[C@H]1O[C@@H](S[C@H]2CO[C@H](COC(C)=O)[C@@H](OC(C)=O)[C@@H]2OC(C)=O)[C@H](OC(C)=O)[C@@H](OC(C)=O)[C@H]1OC(C)=O. The number of hydrogen-bond acceptors (Lipinski definition) is 17. The van der Waals surface area contributed by atoms with Gasteiger partial charge in [0.05, 0.1) is 11.9 Å². The van der Waals surface area contributed by atoms with E-state index in [9.17, 15) is 33.6 Å². The van der Waals surface area contributed by atoms with E-state index in [1.54, 1.807) is 0 Å². The van der Waals surface area contributed by atoms with E-state index in [2.05, 4.69) is 0 Å². The summed E-state index contributed by atoms with van der Waals surface area (Å²) in [6.07, 6.45) is -8.83. The van der Waals surface area contributed by atoms with Crippen molar-refractivity contribution in [3.63, 3.8) is 0 Å². The molecule has 0 aromatic carbocycles. The number of ether oxygens (including phenoxy) is 9. The standard InChI is InChI=1S/C26H36O16S/c1-11(27)34-8-18-21(37-13(3)29)23(39-15(5)31)20(10-36-18)43-26-25(41-17(7)33)24(40-16(6)32)22(38-14(4)30)19(42-26)9-35-12(2)28/h18-26H,8-10H2,1-7H3/t18-,19-,20+,21-,22+,23-,24+,25-,26+/m1/s1. The molecule has 2 rings (SSSR count). The first-order chi connectivity index (χ1) is 20.1. The molecule has 0 aliphatic carbocycles. The Balaban J connectivity index is 2.53. The quantitative estimate of drug-likeness (QED) is 0.216. The van der Waals surface area contributed by atoms with Crippen LogP contribution in [-0.4, -0.2) is 115 Å². The van der Waals surface area contributed by atoms with Gasteiger partial charge in [0.15, 0.2) is 30.5 Å². The van der Waals surface area contributed by atoms with Crippen LogP contribution in [0.2, 0.25) is 0 Å². The molecule has 16 nitrogen and oxygen atoms in total. The third-order valence-corrected chi connectivity index (χ3v) is 7.24. The summed E-state index contributed by atoms with van der Waals surface area (Å²) in [5, 5.41) is -0.873. The highest BCUT2D eigenvalue weighted by Crippen LogP contribution is 2.40. The van der Waals surface area contributed by atoms with E-state index in [0.29, 0.717) is 0 Å². The summed E-state index contributed by atoms with van der Waals surface area (Å²) in [5.74, 6) is -5.17. The first-order valence-corrected chi connectivity index (χ1v) is 14.1. The second-order valence-electron chi connectivity index (χ2n) is 9.56. The fourth-order valence-corrected chi connectivity index (χ4v) is 5.87. The lowest BCUT2D eigenvalue weighted by Crippen LogP contribution is -2.63. The lowest BCUT2D eigenvalue weighted by molar-refractivity contribution is -0.237.